The van der Waals surface area contributed by atoms with Gasteiger partial charge in [0.15, 0.2) is 0 Å². The van der Waals surface area contributed by atoms with Gasteiger partial charge in [-0.1, -0.05) is 119 Å². The van der Waals surface area contributed by atoms with Crippen LogP contribution in [0.1, 0.15) is 50.7 Å². The van der Waals surface area contributed by atoms with Crippen molar-refractivity contribution in [3.05, 3.63) is 80.8 Å². The molecule has 0 aliphatic carbocycles. The van der Waals surface area contributed by atoms with Gasteiger partial charge in [-0.05, 0) is 36.1 Å². The fourth-order valence-electron chi connectivity index (χ4n) is 1.97. The van der Waals surface area contributed by atoms with Crippen molar-refractivity contribution in [1.82, 2.24) is 0 Å². The van der Waals surface area contributed by atoms with E-state index in [4.69, 9.17) is 0 Å². The van der Waals surface area contributed by atoms with Crippen molar-refractivity contribution in [2.75, 3.05) is 0 Å². The predicted molar refractivity (Wildman–Crippen MR) is 116 cm³/mol. The first-order valence-electron chi connectivity index (χ1n) is 8.51. The zero-order valence-corrected chi connectivity index (χ0v) is 17.7. The molecule has 0 nitrogen and oxygen atoms in total. The van der Waals surface area contributed by atoms with Crippen LogP contribution in [-0.2, 0) is 0 Å². The molecule has 0 radical (unpaired) electrons. The van der Waals surface area contributed by atoms with Crippen LogP contribution in [0.4, 0.5) is 0 Å². The van der Waals surface area contributed by atoms with E-state index in [-0.39, 0.29) is 0 Å². The highest BCUT2D eigenvalue weighted by Gasteiger charge is 1.91. The van der Waals surface area contributed by atoms with E-state index in [1.165, 1.54) is 24.0 Å². The Labute approximate surface area is 163 Å². The topological polar surface area (TPSA) is 0 Å². The predicted octanol–water partition coefficient (Wildman–Crippen LogP) is 8.52. The average Bonchev–Trinajstić information content (AvgIpc) is 2.59. The SMILES string of the molecule is CCC/C=C/c1ccccc1Br.CCC/C=C\c1ccccc1Br. The maximum Gasteiger partial charge on any atom is 0.0247 e. The van der Waals surface area contributed by atoms with Crippen LogP contribution < -0.4 is 0 Å². The van der Waals surface area contributed by atoms with Crippen LogP contribution in [0.15, 0.2) is 69.6 Å². The molecular weight excluding hydrogens is 424 g/mol. The van der Waals surface area contributed by atoms with Crippen molar-refractivity contribution in [2.24, 2.45) is 0 Å². The van der Waals surface area contributed by atoms with Gasteiger partial charge < -0.3 is 0 Å². The zero-order valence-electron chi connectivity index (χ0n) is 14.5. The summed E-state index contributed by atoms with van der Waals surface area (Å²) in [7, 11) is 0. The number of hydrogen-bond acceptors (Lipinski definition) is 0. The Bertz CT molecular complexity index is 584. The minimum atomic E-state index is 1.15. The van der Waals surface area contributed by atoms with Crippen molar-refractivity contribution in [3.8, 4) is 0 Å². The second-order valence-corrected chi connectivity index (χ2v) is 7.13. The van der Waals surface area contributed by atoms with E-state index >= 15 is 0 Å². The summed E-state index contributed by atoms with van der Waals surface area (Å²) in [6.07, 6.45) is 13.5. The van der Waals surface area contributed by atoms with Crippen LogP contribution in [0.2, 0.25) is 0 Å². The molecule has 2 heteroatoms. The highest BCUT2D eigenvalue weighted by Crippen LogP contribution is 2.18. The average molecular weight is 450 g/mol. The number of halogens is 2. The Morgan fingerprint density at radius 3 is 1.38 bits per heavy atom. The van der Waals surface area contributed by atoms with Crippen LogP contribution in [0.25, 0.3) is 12.2 Å². The second kappa shape index (κ2) is 13.2. The summed E-state index contributed by atoms with van der Waals surface area (Å²) in [6.45, 7) is 4.37. The maximum atomic E-state index is 3.50. The molecule has 0 heterocycles. The van der Waals surface area contributed by atoms with Gasteiger partial charge in [-0.25, -0.2) is 0 Å². The van der Waals surface area contributed by atoms with Crippen molar-refractivity contribution < 1.29 is 0 Å². The standard InChI is InChI=1S/2C11H13Br/c2*1-2-3-4-7-10-8-5-6-9-11(10)12/h2*4-9H,2-3H2,1H3/b7-4+;7-4-. The van der Waals surface area contributed by atoms with E-state index < -0.39 is 0 Å². The van der Waals surface area contributed by atoms with Gasteiger partial charge in [-0.15, -0.1) is 0 Å². The van der Waals surface area contributed by atoms with E-state index in [2.05, 4.69) is 106 Å². The van der Waals surface area contributed by atoms with E-state index in [1.807, 2.05) is 12.1 Å². The van der Waals surface area contributed by atoms with Gasteiger partial charge in [-0.3, -0.25) is 0 Å². The fourth-order valence-corrected chi connectivity index (χ4v) is 2.81. The van der Waals surface area contributed by atoms with Gasteiger partial charge >= 0.3 is 0 Å². The zero-order chi connectivity index (χ0) is 17.6. The molecule has 0 amide bonds. The Morgan fingerprint density at radius 1 is 0.667 bits per heavy atom. The summed E-state index contributed by atoms with van der Waals surface area (Å²) in [6, 6.07) is 16.5. The minimum Gasteiger partial charge on any atom is -0.0839 e. The monoisotopic (exact) mass is 448 g/mol. The first-order valence-corrected chi connectivity index (χ1v) is 10.1. The summed E-state index contributed by atoms with van der Waals surface area (Å²) < 4.78 is 2.33. The highest BCUT2D eigenvalue weighted by molar-refractivity contribution is 9.10. The molecule has 0 fully saturated rings. The number of unbranched alkanes of at least 4 members (excludes halogenated alkanes) is 2. The van der Waals surface area contributed by atoms with Crippen molar-refractivity contribution in [3.63, 3.8) is 0 Å². The largest absolute Gasteiger partial charge is 0.0839 e. The van der Waals surface area contributed by atoms with Gasteiger partial charge in [0.1, 0.15) is 0 Å². The molecule has 0 N–H and O–H groups in total. The van der Waals surface area contributed by atoms with Gasteiger partial charge in [0.25, 0.3) is 0 Å². The quantitative estimate of drug-likeness (QED) is 0.414. The molecule has 0 spiro atoms. The molecule has 2 aromatic rings. The summed E-state index contributed by atoms with van der Waals surface area (Å²) in [5.74, 6) is 0. The third-order valence-corrected chi connectivity index (χ3v) is 4.76. The third-order valence-electron chi connectivity index (χ3n) is 3.32. The smallest absolute Gasteiger partial charge is 0.0247 e. The van der Waals surface area contributed by atoms with Crippen molar-refractivity contribution in [2.45, 2.75) is 39.5 Å². The molecule has 0 aliphatic heterocycles. The molecule has 0 aliphatic rings. The minimum absolute atomic E-state index is 1.15. The maximum absolute atomic E-state index is 3.50. The highest BCUT2D eigenvalue weighted by atomic mass is 79.9. The lowest BCUT2D eigenvalue weighted by molar-refractivity contribution is 0.962. The van der Waals surface area contributed by atoms with E-state index in [0.29, 0.717) is 0 Å². The molecule has 24 heavy (non-hydrogen) atoms. The Hall–Kier alpha value is -1.12. The van der Waals surface area contributed by atoms with Crippen LogP contribution in [0.5, 0.6) is 0 Å². The second-order valence-electron chi connectivity index (χ2n) is 5.43. The van der Waals surface area contributed by atoms with Crippen LogP contribution in [0, 0.1) is 0 Å². The lowest BCUT2D eigenvalue weighted by Crippen LogP contribution is -1.73. The number of hydrogen-bond donors (Lipinski definition) is 0. The molecular formula is C22H26Br2. The molecule has 0 saturated carbocycles. The Kier molecular flexibility index (Phi) is 11.5. The van der Waals surface area contributed by atoms with Gasteiger partial charge in [-0.2, -0.15) is 0 Å². The third kappa shape index (κ3) is 8.65. The van der Waals surface area contributed by atoms with Crippen molar-refractivity contribution in [1.29, 1.82) is 0 Å². The molecule has 0 unspecified atom stereocenters. The summed E-state index contributed by atoms with van der Waals surface area (Å²) >= 11 is 6.99. The van der Waals surface area contributed by atoms with Crippen LogP contribution in [0.3, 0.4) is 0 Å². The van der Waals surface area contributed by atoms with Crippen LogP contribution in [-0.4, -0.2) is 0 Å². The summed E-state index contributed by atoms with van der Waals surface area (Å²) in [5, 5.41) is 0. The lowest BCUT2D eigenvalue weighted by atomic mass is 10.2. The lowest BCUT2D eigenvalue weighted by Gasteiger charge is -1.95. The molecule has 2 aromatic carbocycles. The van der Waals surface area contributed by atoms with Crippen LogP contribution >= 0.6 is 31.9 Å². The first-order chi connectivity index (χ1) is 11.7. The summed E-state index contributed by atoms with van der Waals surface area (Å²) in [4.78, 5) is 0. The molecule has 128 valence electrons. The Balaban J connectivity index is 0.000000240. The number of allylic oxidation sites excluding steroid dienone is 2. The molecule has 2 rings (SSSR count). The fraction of sp³-hybridized carbons (Fsp3) is 0.273. The van der Waals surface area contributed by atoms with E-state index in [9.17, 15) is 0 Å². The normalized spacial score (nSPS) is 10.8. The van der Waals surface area contributed by atoms with Gasteiger partial charge in [0, 0.05) is 8.95 Å². The molecule has 0 atom stereocenters. The summed E-state index contributed by atoms with van der Waals surface area (Å²) in [5.41, 5.74) is 2.51. The molecule has 0 saturated heterocycles. The van der Waals surface area contributed by atoms with Gasteiger partial charge in [0.05, 0.1) is 0 Å². The molecule has 0 aromatic heterocycles. The number of benzene rings is 2. The van der Waals surface area contributed by atoms with E-state index in [1.54, 1.807) is 0 Å². The first kappa shape index (κ1) is 20.9. The van der Waals surface area contributed by atoms with E-state index in [0.717, 1.165) is 21.8 Å². The molecule has 0 bridgehead atoms. The Morgan fingerprint density at radius 2 is 1.04 bits per heavy atom. The number of rotatable bonds is 6. The van der Waals surface area contributed by atoms with Crippen molar-refractivity contribution >= 4 is 44.0 Å². The van der Waals surface area contributed by atoms with Gasteiger partial charge in [0.2, 0.25) is 0 Å².